The van der Waals surface area contributed by atoms with E-state index in [1.807, 2.05) is 0 Å². The maximum Gasteiger partial charge on any atom is 0.325 e. The van der Waals surface area contributed by atoms with Crippen LogP contribution in [0.3, 0.4) is 0 Å². The van der Waals surface area contributed by atoms with Gasteiger partial charge < -0.3 is 15.3 Å². The maximum absolute atomic E-state index is 12.4. The van der Waals surface area contributed by atoms with E-state index in [1.165, 1.54) is 4.90 Å². The minimum absolute atomic E-state index is 0.295. The highest BCUT2D eigenvalue weighted by Gasteiger charge is 2.25. The topological polar surface area (TPSA) is 72.9 Å². The highest BCUT2D eigenvalue weighted by molar-refractivity contribution is 6.30. The molecule has 108 valence electrons. The molecule has 0 saturated carbocycles. The van der Waals surface area contributed by atoms with E-state index in [0.717, 1.165) is 0 Å². The molecule has 2 rings (SSSR count). The van der Waals surface area contributed by atoms with Crippen LogP contribution in [0.2, 0.25) is 5.02 Å². The van der Waals surface area contributed by atoms with Crippen molar-refractivity contribution in [2.24, 2.45) is 0 Å². The number of benzene rings is 1. The first kappa shape index (κ1) is 14.6. The lowest BCUT2D eigenvalue weighted by Gasteiger charge is -2.32. The number of halogens is 1. The maximum atomic E-state index is 12.4. The number of nitrogens with zero attached hydrogens (tertiary/aromatic N) is 2. The summed E-state index contributed by atoms with van der Waals surface area (Å²) in [6, 6.07) is 6.26. The third kappa shape index (κ3) is 3.61. The third-order valence-corrected chi connectivity index (χ3v) is 3.30. The van der Waals surface area contributed by atoms with Gasteiger partial charge in [0.05, 0.1) is 0 Å². The summed E-state index contributed by atoms with van der Waals surface area (Å²) >= 11 is 5.81. The molecule has 7 heteroatoms. The lowest BCUT2D eigenvalue weighted by atomic mass is 10.3. The van der Waals surface area contributed by atoms with Gasteiger partial charge in [-0.2, -0.15) is 0 Å². The molecule has 20 heavy (non-hydrogen) atoms. The molecule has 0 bridgehead atoms. The molecular weight excluding hydrogens is 282 g/mol. The Bertz CT molecular complexity index is 486. The van der Waals surface area contributed by atoms with Crippen LogP contribution in [0.1, 0.15) is 0 Å². The van der Waals surface area contributed by atoms with Crippen molar-refractivity contribution in [3.63, 3.8) is 0 Å². The van der Waals surface area contributed by atoms with Crippen LogP contribution in [0.5, 0.6) is 0 Å². The predicted molar refractivity (Wildman–Crippen MR) is 76.3 cm³/mol. The Hall–Kier alpha value is -1.79. The van der Waals surface area contributed by atoms with E-state index in [-0.39, 0.29) is 12.6 Å². The molecule has 1 aromatic carbocycles. The molecule has 0 atom stereocenters. The van der Waals surface area contributed by atoms with Crippen molar-refractivity contribution in [2.45, 2.75) is 0 Å². The summed E-state index contributed by atoms with van der Waals surface area (Å²) < 4.78 is 0. The Labute approximate surface area is 121 Å². The monoisotopic (exact) mass is 297 g/mol. The smallest absolute Gasteiger partial charge is 0.325 e. The zero-order chi connectivity index (χ0) is 14.5. The second kappa shape index (κ2) is 6.58. The van der Waals surface area contributed by atoms with E-state index in [9.17, 15) is 9.59 Å². The fraction of sp³-hybridized carbons (Fsp3) is 0.385. The molecule has 6 nitrogen and oxygen atoms in total. The van der Waals surface area contributed by atoms with Crippen molar-refractivity contribution in [1.82, 2.24) is 10.2 Å². The lowest BCUT2D eigenvalue weighted by molar-refractivity contribution is -0.135. The Morgan fingerprint density at radius 2 is 1.85 bits per heavy atom. The first-order chi connectivity index (χ1) is 9.58. The van der Waals surface area contributed by atoms with Crippen LogP contribution in [-0.2, 0) is 4.79 Å². The molecule has 0 aliphatic carbocycles. The standard InChI is InChI=1S/C13H16ClN3O3/c14-10-1-3-11(4-2-10)17(9-12(18)19)13(20)16-7-5-15-6-8-16/h1-4,15H,5-9H2,(H,18,19). The van der Waals surface area contributed by atoms with E-state index < -0.39 is 5.97 Å². The van der Waals surface area contributed by atoms with Crippen LogP contribution in [0, 0.1) is 0 Å². The number of urea groups is 1. The number of hydrogen-bond acceptors (Lipinski definition) is 3. The number of carbonyl (C=O) groups is 2. The minimum atomic E-state index is -1.05. The van der Waals surface area contributed by atoms with Gasteiger partial charge in [0.15, 0.2) is 0 Å². The molecule has 0 aromatic heterocycles. The number of anilines is 1. The number of piperazine rings is 1. The summed E-state index contributed by atoms with van der Waals surface area (Å²) in [5, 5.41) is 12.7. The Kier molecular flexibility index (Phi) is 4.81. The van der Waals surface area contributed by atoms with Crippen LogP contribution in [0.15, 0.2) is 24.3 Å². The first-order valence-corrected chi connectivity index (χ1v) is 6.70. The summed E-state index contributed by atoms with van der Waals surface area (Å²) in [6.07, 6.45) is 0. The molecule has 1 aliphatic heterocycles. The van der Waals surface area contributed by atoms with Crippen LogP contribution in [0.25, 0.3) is 0 Å². The van der Waals surface area contributed by atoms with Crippen molar-refractivity contribution in [2.75, 3.05) is 37.6 Å². The summed E-state index contributed by atoms with van der Waals surface area (Å²) in [6.45, 7) is 2.20. The van der Waals surface area contributed by atoms with Gasteiger partial charge in [-0.1, -0.05) is 11.6 Å². The Morgan fingerprint density at radius 3 is 2.40 bits per heavy atom. The molecule has 0 spiro atoms. The van der Waals surface area contributed by atoms with E-state index in [2.05, 4.69) is 5.32 Å². The highest BCUT2D eigenvalue weighted by Crippen LogP contribution is 2.19. The van der Waals surface area contributed by atoms with Gasteiger partial charge in [0.2, 0.25) is 0 Å². The normalized spacial score (nSPS) is 14.9. The number of carboxylic acids is 1. The van der Waals surface area contributed by atoms with Crippen LogP contribution in [-0.4, -0.2) is 54.7 Å². The molecule has 2 N–H and O–H groups in total. The molecular formula is C13H16ClN3O3. The van der Waals surface area contributed by atoms with E-state index in [0.29, 0.717) is 36.9 Å². The summed E-state index contributed by atoms with van der Waals surface area (Å²) in [4.78, 5) is 26.3. The van der Waals surface area contributed by atoms with E-state index in [4.69, 9.17) is 16.7 Å². The summed E-state index contributed by atoms with van der Waals surface area (Å²) in [5.41, 5.74) is 0.528. The van der Waals surface area contributed by atoms with Gasteiger partial charge in [-0.05, 0) is 24.3 Å². The van der Waals surface area contributed by atoms with Crippen LogP contribution in [0.4, 0.5) is 10.5 Å². The van der Waals surface area contributed by atoms with Crippen molar-refractivity contribution in [3.05, 3.63) is 29.3 Å². The van der Waals surface area contributed by atoms with Gasteiger partial charge in [-0.25, -0.2) is 4.79 Å². The number of hydrogen-bond donors (Lipinski definition) is 2. The average Bonchev–Trinajstić information content (AvgIpc) is 2.46. The van der Waals surface area contributed by atoms with Crippen molar-refractivity contribution < 1.29 is 14.7 Å². The molecule has 0 radical (unpaired) electrons. The lowest BCUT2D eigenvalue weighted by Crippen LogP contribution is -2.52. The minimum Gasteiger partial charge on any atom is -0.480 e. The molecule has 1 aromatic rings. The number of amides is 2. The van der Waals surface area contributed by atoms with Crippen LogP contribution < -0.4 is 10.2 Å². The quantitative estimate of drug-likeness (QED) is 0.881. The summed E-state index contributed by atoms with van der Waals surface area (Å²) in [7, 11) is 0. The second-order valence-electron chi connectivity index (χ2n) is 4.48. The van der Waals surface area contributed by atoms with Crippen molar-refractivity contribution >= 4 is 29.3 Å². The number of rotatable bonds is 3. The third-order valence-electron chi connectivity index (χ3n) is 3.05. The van der Waals surface area contributed by atoms with Crippen LogP contribution >= 0.6 is 11.6 Å². The number of carbonyl (C=O) groups excluding carboxylic acids is 1. The predicted octanol–water partition coefficient (Wildman–Crippen LogP) is 1.26. The Morgan fingerprint density at radius 1 is 1.25 bits per heavy atom. The van der Waals surface area contributed by atoms with Gasteiger partial charge in [0, 0.05) is 36.9 Å². The van der Waals surface area contributed by atoms with Gasteiger partial charge in [-0.15, -0.1) is 0 Å². The van der Waals surface area contributed by atoms with Crippen molar-refractivity contribution in [3.8, 4) is 0 Å². The number of carboxylic acid groups (broad SMARTS) is 1. The number of nitrogens with one attached hydrogen (secondary N) is 1. The average molecular weight is 298 g/mol. The van der Waals surface area contributed by atoms with Gasteiger partial charge in [0.25, 0.3) is 0 Å². The van der Waals surface area contributed by atoms with Gasteiger partial charge >= 0.3 is 12.0 Å². The molecule has 1 heterocycles. The number of aliphatic carboxylic acids is 1. The van der Waals surface area contributed by atoms with E-state index >= 15 is 0 Å². The molecule has 0 unspecified atom stereocenters. The second-order valence-corrected chi connectivity index (χ2v) is 4.91. The Balaban J connectivity index is 2.19. The molecule has 1 aliphatic rings. The largest absolute Gasteiger partial charge is 0.480 e. The van der Waals surface area contributed by atoms with E-state index in [1.54, 1.807) is 29.2 Å². The zero-order valence-electron chi connectivity index (χ0n) is 10.9. The SMILES string of the molecule is O=C(O)CN(C(=O)N1CCNCC1)c1ccc(Cl)cc1. The molecule has 1 fully saturated rings. The highest BCUT2D eigenvalue weighted by atomic mass is 35.5. The summed E-state index contributed by atoms with van der Waals surface area (Å²) in [5.74, 6) is -1.05. The molecule has 1 saturated heterocycles. The zero-order valence-corrected chi connectivity index (χ0v) is 11.6. The fourth-order valence-corrected chi connectivity index (χ4v) is 2.18. The van der Waals surface area contributed by atoms with Crippen molar-refractivity contribution in [1.29, 1.82) is 0 Å². The van der Waals surface area contributed by atoms with Gasteiger partial charge in [0.1, 0.15) is 6.54 Å². The first-order valence-electron chi connectivity index (χ1n) is 6.32. The molecule has 2 amide bonds. The fourth-order valence-electron chi connectivity index (χ4n) is 2.05. The van der Waals surface area contributed by atoms with Gasteiger partial charge in [-0.3, -0.25) is 9.69 Å².